The van der Waals surface area contributed by atoms with Crippen molar-refractivity contribution >= 4 is 11.9 Å². The Morgan fingerprint density at radius 2 is 2.17 bits per heavy atom. The Morgan fingerprint density at radius 1 is 1.34 bits per heavy atom. The normalized spacial score (nSPS) is 17.3. The summed E-state index contributed by atoms with van der Waals surface area (Å²) >= 11 is 0. The highest BCUT2D eigenvalue weighted by molar-refractivity contribution is 5.81. The fourth-order valence-electron chi connectivity index (χ4n) is 3.29. The molecule has 29 heavy (non-hydrogen) atoms. The van der Waals surface area contributed by atoms with Crippen LogP contribution in [0.2, 0.25) is 0 Å². The van der Waals surface area contributed by atoms with Crippen molar-refractivity contribution in [2.75, 3.05) is 53.5 Å². The van der Waals surface area contributed by atoms with Gasteiger partial charge in [-0.15, -0.1) is 0 Å². The summed E-state index contributed by atoms with van der Waals surface area (Å²) in [7, 11) is 4.06. The van der Waals surface area contributed by atoms with E-state index in [9.17, 15) is 4.79 Å². The number of hydrogen-bond donors (Lipinski definition) is 1. The number of nitrogens with zero attached hydrogens (tertiary/aromatic N) is 3. The molecular formula is C22H36N4O3. The van der Waals surface area contributed by atoms with E-state index in [0.717, 1.165) is 49.7 Å². The number of piperidine rings is 1. The van der Waals surface area contributed by atoms with Crippen LogP contribution in [0.5, 0.6) is 5.75 Å². The Hall–Kier alpha value is -2.28. The van der Waals surface area contributed by atoms with E-state index < -0.39 is 0 Å². The van der Waals surface area contributed by atoms with Gasteiger partial charge in [0.15, 0.2) is 5.96 Å². The molecule has 0 bridgehead atoms. The molecule has 0 aromatic heterocycles. The highest BCUT2D eigenvalue weighted by Gasteiger charge is 2.28. The van der Waals surface area contributed by atoms with Crippen molar-refractivity contribution in [3.8, 4) is 5.75 Å². The summed E-state index contributed by atoms with van der Waals surface area (Å²) < 4.78 is 11.0. The zero-order valence-corrected chi connectivity index (χ0v) is 18.3. The van der Waals surface area contributed by atoms with E-state index in [1.165, 1.54) is 0 Å². The van der Waals surface area contributed by atoms with Crippen molar-refractivity contribution in [3.05, 3.63) is 29.8 Å². The predicted molar refractivity (Wildman–Crippen MR) is 116 cm³/mol. The topological polar surface area (TPSA) is 66.4 Å². The molecule has 0 saturated carbocycles. The molecule has 0 amide bonds. The van der Waals surface area contributed by atoms with Gasteiger partial charge >= 0.3 is 5.97 Å². The maximum Gasteiger partial charge on any atom is 0.310 e. The number of benzene rings is 1. The van der Waals surface area contributed by atoms with Crippen molar-refractivity contribution in [2.24, 2.45) is 10.9 Å². The summed E-state index contributed by atoms with van der Waals surface area (Å²) in [5.74, 6) is 1.53. The Bertz CT molecular complexity index is 663. The molecule has 2 rings (SSSR count). The molecular weight excluding hydrogens is 368 g/mol. The quantitative estimate of drug-likeness (QED) is 0.387. The van der Waals surface area contributed by atoms with Crippen LogP contribution in [0.25, 0.3) is 0 Å². The van der Waals surface area contributed by atoms with Gasteiger partial charge in [0.1, 0.15) is 12.4 Å². The van der Waals surface area contributed by atoms with Crippen LogP contribution in [-0.2, 0) is 16.1 Å². The predicted octanol–water partition coefficient (Wildman–Crippen LogP) is 2.37. The van der Waals surface area contributed by atoms with Gasteiger partial charge in [0.05, 0.1) is 19.1 Å². The van der Waals surface area contributed by atoms with Gasteiger partial charge in [0.25, 0.3) is 0 Å². The maximum absolute atomic E-state index is 12.1. The van der Waals surface area contributed by atoms with Crippen LogP contribution in [0.15, 0.2) is 29.3 Å². The molecule has 7 nitrogen and oxygen atoms in total. The number of aliphatic imine (C=N–C) groups is 1. The standard InChI is InChI=1S/C22H36N4O3/c1-5-23-22(26-12-8-10-19(17-26)21(27)28-6-2)24-16-18-9-7-11-20(15-18)29-14-13-25(3)4/h7,9,11,15,19H,5-6,8,10,12-14,16-17H2,1-4H3,(H,23,24). The molecule has 1 atom stereocenters. The minimum Gasteiger partial charge on any atom is -0.492 e. The van der Waals surface area contributed by atoms with Gasteiger partial charge in [-0.25, -0.2) is 4.99 Å². The molecule has 1 heterocycles. The number of rotatable bonds is 9. The van der Waals surface area contributed by atoms with Gasteiger partial charge in [-0.3, -0.25) is 4.79 Å². The second kappa shape index (κ2) is 12.3. The number of carbonyl (C=O) groups is 1. The van der Waals surface area contributed by atoms with E-state index >= 15 is 0 Å². The van der Waals surface area contributed by atoms with Crippen LogP contribution in [0.3, 0.4) is 0 Å². The van der Waals surface area contributed by atoms with Crippen LogP contribution in [-0.4, -0.2) is 75.2 Å². The fraction of sp³-hybridized carbons (Fsp3) is 0.636. The van der Waals surface area contributed by atoms with E-state index in [2.05, 4.69) is 28.1 Å². The van der Waals surface area contributed by atoms with E-state index in [-0.39, 0.29) is 11.9 Å². The lowest BCUT2D eigenvalue weighted by molar-refractivity contribution is -0.149. The first-order valence-corrected chi connectivity index (χ1v) is 10.6. The summed E-state index contributed by atoms with van der Waals surface area (Å²) in [5, 5.41) is 3.36. The van der Waals surface area contributed by atoms with Gasteiger partial charge in [-0.2, -0.15) is 0 Å². The van der Waals surface area contributed by atoms with Gasteiger partial charge < -0.3 is 24.6 Å². The molecule has 1 saturated heterocycles. The van der Waals surface area contributed by atoms with Crippen molar-refractivity contribution in [3.63, 3.8) is 0 Å². The number of guanidine groups is 1. The van der Waals surface area contributed by atoms with Gasteiger partial charge in [-0.05, 0) is 58.5 Å². The average Bonchev–Trinajstić information content (AvgIpc) is 2.71. The summed E-state index contributed by atoms with van der Waals surface area (Å²) in [6.07, 6.45) is 1.84. The van der Waals surface area contributed by atoms with E-state index in [0.29, 0.717) is 26.3 Å². The molecule has 1 N–H and O–H groups in total. The molecule has 1 aliphatic heterocycles. The lowest BCUT2D eigenvalue weighted by Crippen LogP contribution is -2.48. The van der Waals surface area contributed by atoms with Crippen LogP contribution in [0.1, 0.15) is 32.3 Å². The lowest BCUT2D eigenvalue weighted by Gasteiger charge is -2.34. The number of carbonyl (C=O) groups excluding carboxylic acids is 1. The van der Waals surface area contributed by atoms with Gasteiger partial charge in [0, 0.05) is 26.2 Å². The van der Waals surface area contributed by atoms with Crippen molar-refractivity contribution in [1.82, 2.24) is 15.1 Å². The number of hydrogen-bond acceptors (Lipinski definition) is 5. The van der Waals surface area contributed by atoms with Crippen LogP contribution in [0.4, 0.5) is 0 Å². The maximum atomic E-state index is 12.1. The van der Waals surface area contributed by atoms with Crippen molar-refractivity contribution < 1.29 is 14.3 Å². The molecule has 7 heteroatoms. The van der Waals surface area contributed by atoms with Gasteiger partial charge in [-0.1, -0.05) is 12.1 Å². The fourth-order valence-corrected chi connectivity index (χ4v) is 3.29. The zero-order chi connectivity index (χ0) is 21.1. The number of nitrogens with one attached hydrogen (secondary N) is 1. The highest BCUT2D eigenvalue weighted by Crippen LogP contribution is 2.19. The third kappa shape index (κ3) is 7.93. The third-order valence-electron chi connectivity index (χ3n) is 4.79. The van der Waals surface area contributed by atoms with Crippen LogP contribution < -0.4 is 10.1 Å². The monoisotopic (exact) mass is 404 g/mol. The molecule has 1 unspecified atom stereocenters. The summed E-state index contributed by atoms with van der Waals surface area (Å²) in [6.45, 7) is 8.77. The number of ether oxygens (including phenoxy) is 2. The Labute approximate surface area is 175 Å². The second-order valence-electron chi connectivity index (χ2n) is 7.51. The molecule has 1 aromatic rings. The summed E-state index contributed by atoms with van der Waals surface area (Å²) in [6, 6.07) is 8.08. The van der Waals surface area contributed by atoms with E-state index in [1.54, 1.807) is 0 Å². The second-order valence-corrected chi connectivity index (χ2v) is 7.51. The molecule has 0 aliphatic carbocycles. The Balaban J connectivity index is 2.00. The number of esters is 1. The molecule has 162 valence electrons. The molecule has 0 spiro atoms. The first kappa shape index (κ1) is 23.0. The minimum atomic E-state index is -0.101. The first-order chi connectivity index (χ1) is 14.0. The summed E-state index contributed by atoms with van der Waals surface area (Å²) in [5.41, 5.74) is 1.10. The van der Waals surface area contributed by atoms with Crippen LogP contribution in [0, 0.1) is 5.92 Å². The molecule has 0 radical (unpaired) electrons. The van der Waals surface area contributed by atoms with E-state index in [1.807, 2.05) is 39.2 Å². The lowest BCUT2D eigenvalue weighted by atomic mass is 9.98. The van der Waals surface area contributed by atoms with E-state index in [4.69, 9.17) is 14.5 Å². The van der Waals surface area contributed by atoms with Crippen molar-refractivity contribution in [2.45, 2.75) is 33.2 Å². The zero-order valence-electron chi connectivity index (χ0n) is 18.3. The van der Waals surface area contributed by atoms with Gasteiger partial charge in [0.2, 0.25) is 0 Å². The SMILES string of the molecule is CCNC(=NCc1cccc(OCCN(C)C)c1)N1CCCC(C(=O)OCC)C1. The molecule has 1 fully saturated rings. The smallest absolute Gasteiger partial charge is 0.310 e. The Morgan fingerprint density at radius 3 is 2.90 bits per heavy atom. The minimum absolute atomic E-state index is 0.0824. The molecule has 1 aromatic carbocycles. The third-order valence-corrected chi connectivity index (χ3v) is 4.79. The summed E-state index contributed by atoms with van der Waals surface area (Å²) in [4.78, 5) is 21.2. The first-order valence-electron chi connectivity index (χ1n) is 10.6. The van der Waals surface area contributed by atoms with Crippen LogP contribution >= 0.6 is 0 Å². The molecule has 1 aliphatic rings. The Kier molecular flexibility index (Phi) is 9.77. The van der Waals surface area contributed by atoms with Crippen molar-refractivity contribution in [1.29, 1.82) is 0 Å². The largest absolute Gasteiger partial charge is 0.492 e. The average molecular weight is 405 g/mol. The number of likely N-dealkylation sites (N-methyl/N-ethyl adjacent to an activating group) is 1. The number of likely N-dealkylation sites (tertiary alicyclic amines) is 1. The highest BCUT2D eigenvalue weighted by atomic mass is 16.5.